The predicted octanol–water partition coefficient (Wildman–Crippen LogP) is 3.21. The Morgan fingerprint density at radius 2 is 1.83 bits per heavy atom. The largest absolute Gasteiger partial charge is 0.506 e. The number of carbonyl (C=O) groups is 1. The van der Waals surface area contributed by atoms with Gasteiger partial charge in [0.25, 0.3) is 5.91 Å². The summed E-state index contributed by atoms with van der Waals surface area (Å²) in [5.74, 6) is -0.131. The van der Waals surface area contributed by atoms with Crippen LogP contribution in [0.4, 0.5) is 5.69 Å². The summed E-state index contributed by atoms with van der Waals surface area (Å²) in [6.07, 6.45) is 1.62. The Kier molecular flexibility index (Phi) is 6.35. The normalized spacial score (nSPS) is 14.6. The fourth-order valence-corrected chi connectivity index (χ4v) is 5.25. The van der Waals surface area contributed by atoms with Gasteiger partial charge in [0.1, 0.15) is 17.2 Å². The van der Waals surface area contributed by atoms with E-state index in [0.29, 0.717) is 23.3 Å². The van der Waals surface area contributed by atoms with Crippen LogP contribution in [0.25, 0.3) is 0 Å². The van der Waals surface area contributed by atoms with Gasteiger partial charge in [-0.1, -0.05) is 0 Å². The molecule has 1 heterocycles. The molecule has 1 aliphatic heterocycles. The van der Waals surface area contributed by atoms with E-state index in [2.05, 4.69) is 21.2 Å². The lowest BCUT2D eigenvalue weighted by Crippen LogP contribution is -2.28. The number of halogens is 1. The number of nitrogens with zero attached hydrogens (tertiary/aromatic N) is 1. The topological polar surface area (TPSA) is 105 Å². The number of hydrogen-bond acceptors (Lipinski definition) is 6. The molecule has 2 aromatic rings. The fraction of sp³-hybridized carbons (Fsp3) is 0.316. The molecule has 156 valence electrons. The fourth-order valence-electron chi connectivity index (χ4n) is 3.11. The third-order valence-electron chi connectivity index (χ3n) is 4.62. The Morgan fingerprint density at radius 3 is 2.45 bits per heavy atom. The van der Waals surface area contributed by atoms with E-state index in [9.17, 15) is 18.3 Å². The van der Waals surface area contributed by atoms with E-state index in [-0.39, 0.29) is 27.6 Å². The van der Waals surface area contributed by atoms with Crippen molar-refractivity contribution >= 4 is 37.5 Å². The molecule has 10 heteroatoms. The smallest absolute Gasteiger partial charge is 0.259 e. The Labute approximate surface area is 177 Å². The van der Waals surface area contributed by atoms with Crippen molar-refractivity contribution in [2.45, 2.75) is 17.7 Å². The maximum atomic E-state index is 12.8. The second-order valence-corrected chi connectivity index (χ2v) is 9.23. The Bertz CT molecular complexity index is 1040. The summed E-state index contributed by atoms with van der Waals surface area (Å²) in [5, 5.41) is 12.7. The monoisotopic (exact) mass is 484 g/mol. The van der Waals surface area contributed by atoms with Crippen LogP contribution in [0.5, 0.6) is 17.2 Å². The number of hydrogen-bond donors (Lipinski definition) is 2. The minimum Gasteiger partial charge on any atom is -0.506 e. The first-order valence-corrected chi connectivity index (χ1v) is 11.1. The average Bonchev–Trinajstić information content (AvgIpc) is 3.24. The molecule has 3 rings (SSSR count). The number of phenols is 1. The van der Waals surface area contributed by atoms with Crippen LogP contribution < -0.4 is 14.8 Å². The lowest BCUT2D eigenvalue weighted by molar-refractivity contribution is 0.102. The first-order valence-electron chi connectivity index (χ1n) is 8.84. The van der Waals surface area contributed by atoms with Crippen LogP contribution in [0, 0.1) is 0 Å². The van der Waals surface area contributed by atoms with Crippen LogP contribution in [0.15, 0.2) is 39.7 Å². The van der Waals surface area contributed by atoms with Gasteiger partial charge in [0, 0.05) is 13.1 Å². The number of ether oxygens (including phenoxy) is 2. The van der Waals surface area contributed by atoms with E-state index in [4.69, 9.17) is 9.47 Å². The number of nitrogens with one attached hydrogen (secondary N) is 1. The predicted molar refractivity (Wildman–Crippen MR) is 111 cm³/mol. The molecule has 1 saturated heterocycles. The highest BCUT2D eigenvalue weighted by molar-refractivity contribution is 9.10. The molecule has 2 N–H and O–H groups in total. The van der Waals surface area contributed by atoms with Crippen LogP contribution in [-0.2, 0) is 10.0 Å². The summed E-state index contributed by atoms with van der Waals surface area (Å²) in [4.78, 5) is 12.9. The van der Waals surface area contributed by atoms with Crippen LogP contribution in [0.2, 0.25) is 0 Å². The lowest BCUT2D eigenvalue weighted by atomic mass is 10.1. The third kappa shape index (κ3) is 4.34. The first kappa shape index (κ1) is 21.4. The Hall–Kier alpha value is -2.30. The van der Waals surface area contributed by atoms with Gasteiger partial charge in [-0.15, -0.1) is 0 Å². The van der Waals surface area contributed by atoms with Gasteiger partial charge in [-0.25, -0.2) is 8.42 Å². The molecule has 0 aromatic heterocycles. The second kappa shape index (κ2) is 8.60. The van der Waals surface area contributed by atoms with E-state index < -0.39 is 15.9 Å². The Balaban J connectivity index is 1.95. The number of aromatic hydroxyl groups is 1. The van der Waals surface area contributed by atoms with E-state index in [1.54, 1.807) is 6.07 Å². The number of amides is 1. The molecular weight excluding hydrogens is 464 g/mol. The van der Waals surface area contributed by atoms with Crippen molar-refractivity contribution in [1.82, 2.24) is 4.31 Å². The van der Waals surface area contributed by atoms with Crippen molar-refractivity contribution in [2.75, 3.05) is 32.6 Å². The highest BCUT2D eigenvalue weighted by Gasteiger charge is 2.28. The minimum absolute atomic E-state index is 0.00582. The van der Waals surface area contributed by atoms with Gasteiger partial charge in [-0.3, -0.25) is 4.79 Å². The summed E-state index contributed by atoms with van der Waals surface area (Å²) >= 11 is 3.32. The molecule has 0 atom stereocenters. The summed E-state index contributed by atoms with van der Waals surface area (Å²) in [7, 11) is -0.802. The van der Waals surface area contributed by atoms with E-state index in [0.717, 1.165) is 12.8 Å². The van der Waals surface area contributed by atoms with Gasteiger partial charge in [0.15, 0.2) is 0 Å². The van der Waals surface area contributed by atoms with Gasteiger partial charge >= 0.3 is 0 Å². The molecule has 1 aliphatic rings. The molecule has 0 bridgehead atoms. The number of methoxy groups -OCH3 is 2. The van der Waals surface area contributed by atoms with Gasteiger partial charge in [0.05, 0.1) is 34.8 Å². The summed E-state index contributed by atoms with van der Waals surface area (Å²) in [6, 6.07) is 6.96. The highest BCUT2D eigenvalue weighted by atomic mass is 79.9. The van der Waals surface area contributed by atoms with E-state index >= 15 is 0 Å². The number of anilines is 1. The van der Waals surface area contributed by atoms with Crippen molar-refractivity contribution in [2.24, 2.45) is 0 Å². The van der Waals surface area contributed by atoms with Crippen molar-refractivity contribution in [3.63, 3.8) is 0 Å². The first-order chi connectivity index (χ1) is 13.8. The molecule has 0 saturated carbocycles. The number of sulfonamides is 1. The molecule has 29 heavy (non-hydrogen) atoms. The molecule has 0 unspecified atom stereocenters. The van der Waals surface area contributed by atoms with Crippen LogP contribution in [-0.4, -0.2) is 51.0 Å². The molecule has 1 fully saturated rings. The average molecular weight is 485 g/mol. The van der Waals surface area contributed by atoms with Crippen molar-refractivity contribution < 1.29 is 27.8 Å². The minimum atomic E-state index is -3.69. The highest BCUT2D eigenvalue weighted by Crippen LogP contribution is 2.35. The summed E-state index contributed by atoms with van der Waals surface area (Å²) < 4.78 is 37.9. The van der Waals surface area contributed by atoms with Gasteiger partial charge < -0.3 is 19.9 Å². The van der Waals surface area contributed by atoms with Crippen LogP contribution in [0.1, 0.15) is 23.2 Å². The van der Waals surface area contributed by atoms with Gasteiger partial charge in [-0.05, 0) is 59.1 Å². The van der Waals surface area contributed by atoms with Gasteiger partial charge in [-0.2, -0.15) is 4.31 Å². The molecule has 0 spiro atoms. The molecular formula is C19H21BrN2O6S. The number of carbonyl (C=O) groups excluding carboxylic acids is 1. The third-order valence-corrected chi connectivity index (χ3v) is 7.10. The number of benzene rings is 2. The van der Waals surface area contributed by atoms with Crippen LogP contribution in [0.3, 0.4) is 0 Å². The van der Waals surface area contributed by atoms with Crippen molar-refractivity contribution in [1.29, 1.82) is 0 Å². The molecule has 0 radical (unpaired) electrons. The Morgan fingerprint density at radius 1 is 1.14 bits per heavy atom. The molecule has 0 aliphatic carbocycles. The van der Waals surface area contributed by atoms with Crippen molar-refractivity contribution in [3.8, 4) is 17.2 Å². The standard InChI is InChI=1S/C19H21BrN2O6S/c1-27-12-9-14(18(28-2)15(20)10-12)19(24)21-16-11-13(5-6-17(16)23)29(25,26)22-7-3-4-8-22/h5-6,9-11,23H,3-4,7-8H2,1-2H3,(H,21,24). The zero-order valence-electron chi connectivity index (χ0n) is 15.9. The lowest BCUT2D eigenvalue weighted by Gasteiger charge is -2.17. The zero-order valence-corrected chi connectivity index (χ0v) is 18.3. The van der Waals surface area contributed by atoms with E-state index in [1.165, 1.54) is 42.8 Å². The molecule has 8 nitrogen and oxygen atoms in total. The maximum absolute atomic E-state index is 12.8. The van der Waals surface area contributed by atoms with E-state index in [1.807, 2.05) is 0 Å². The summed E-state index contributed by atoms with van der Waals surface area (Å²) in [6.45, 7) is 0.917. The quantitative estimate of drug-likeness (QED) is 0.609. The second-order valence-electron chi connectivity index (χ2n) is 6.43. The maximum Gasteiger partial charge on any atom is 0.259 e. The number of rotatable bonds is 6. The molecule has 2 aromatic carbocycles. The summed E-state index contributed by atoms with van der Waals surface area (Å²) in [5.41, 5.74) is 0.141. The van der Waals surface area contributed by atoms with Crippen LogP contribution >= 0.6 is 15.9 Å². The zero-order chi connectivity index (χ0) is 21.2. The molecule has 1 amide bonds. The number of phenolic OH excluding ortho intramolecular Hbond substituents is 1. The van der Waals surface area contributed by atoms with Crippen molar-refractivity contribution in [3.05, 3.63) is 40.4 Å². The van der Waals surface area contributed by atoms with Gasteiger partial charge in [0.2, 0.25) is 10.0 Å². The SMILES string of the molecule is COc1cc(Br)c(OC)c(C(=O)Nc2cc(S(=O)(=O)N3CCCC3)ccc2O)c1.